The van der Waals surface area contributed by atoms with Crippen LogP contribution < -0.4 is 0 Å². The maximum Gasteiger partial charge on any atom is 0.145 e. The first-order chi connectivity index (χ1) is 5.56. The van der Waals surface area contributed by atoms with Crippen molar-refractivity contribution in [3.8, 4) is 0 Å². The van der Waals surface area contributed by atoms with Crippen LogP contribution in [-0.4, -0.2) is 6.29 Å². The van der Waals surface area contributed by atoms with Crippen LogP contribution in [-0.2, 0) is 4.79 Å². The lowest BCUT2D eigenvalue weighted by Gasteiger charge is -1.87. The van der Waals surface area contributed by atoms with Crippen LogP contribution in [0.25, 0.3) is 0 Å². The quantitative estimate of drug-likeness (QED) is 0.359. The van der Waals surface area contributed by atoms with Crippen LogP contribution >= 0.6 is 0 Å². The Morgan fingerprint density at radius 1 is 1.17 bits per heavy atom. The molecular weight excluding hydrogens is 155 g/mol. The van der Waals surface area contributed by atoms with E-state index in [-0.39, 0.29) is 5.83 Å². The van der Waals surface area contributed by atoms with Crippen molar-refractivity contribution >= 4 is 6.29 Å². The van der Waals surface area contributed by atoms with Gasteiger partial charge in [-0.1, -0.05) is 11.6 Å². The largest absolute Gasteiger partial charge is 0.298 e. The van der Waals surface area contributed by atoms with E-state index in [1.807, 2.05) is 13.8 Å². The molecule has 0 rings (SSSR count). The maximum absolute atomic E-state index is 12.8. The minimum absolute atomic E-state index is 0.337. The van der Waals surface area contributed by atoms with Crippen molar-refractivity contribution in [2.24, 2.45) is 0 Å². The lowest BCUT2D eigenvalue weighted by atomic mass is 10.2. The van der Waals surface area contributed by atoms with E-state index in [4.69, 9.17) is 0 Å². The van der Waals surface area contributed by atoms with E-state index in [0.717, 1.165) is 5.57 Å². The molecule has 0 radical (unpaired) electrons. The van der Waals surface area contributed by atoms with E-state index in [0.29, 0.717) is 11.9 Å². The van der Waals surface area contributed by atoms with Gasteiger partial charge in [-0.25, -0.2) is 4.39 Å². The number of halogens is 1. The fraction of sp³-hybridized carbons (Fsp3) is 0.300. The number of rotatable bonds is 3. The predicted octanol–water partition coefficient (Wildman–Crippen LogP) is 2.95. The molecule has 0 N–H and O–H groups in total. The van der Waals surface area contributed by atoms with Crippen LogP contribution in [0.5, 0.6) is 0 Å². The highest BCUT2D eigenvalue weighted by Crippen LogP contribution is 2.03. The lowest BCUT2D eigenvalue weighted by Crippen LogP contribution is -1.74. The van der Waals surface area contributed by atoms with Gasteiger partial charge in [0, 0.05) is 0 Å². The van der Waals surface area contributed by atoms with E-state index in [2.05, 4.69) is 0 Å². The van der Waals surface area contributed by atoms with Gasteiger partial charge >= 0.3 is 0 Å². The molecule has 66 valence electrons. The highest BCUT2D eigenvalue weighted by Gasteiger charge is 1.86. The van der Waals surface area contributed by atoms with Crippen LogP contribution in [0.3, 0.4) is 0 Å². The summed E-state index contributed by atoms with van der Waals surface area (Å²) in [7, 11) is 0. The van der Waals surface area contributed by atoms with Crippen molar-refractivity contribution in [1.29, 1.82) is 0 Å². The fourth-order valence-corrected chi connectivity index (χ4v) is 0.574. The lowest BCUT2D eigenvalue weighted by molar-refractivity contribution is -0.104. The zero-order chi connectivity index (χ0) is 9.56. The van der Waals surface area contributed by atoms with Crippen LogP contribution in [0.15, 0.2) is 35.2 Å². The number of hydrogen-bond acceptors (Lipinski definition) is 1. The third-order valence-electron chi connectivity index (χ3n) is 1.12. The van der Waals surface area contributed by atoms with Crippen molar-refractivity contribution in [3.05, 3.63) is 35.2 Å². The Morgan fingerprint density at radius 2 is 1.75 bits per heavy atom. The zero-order valence-corrected chi connectivity index (χ0v) is 7.60. The summed E-state index contributed by atoms with van der Waals surface area (Å²) in [5.74, 6) is -0.337. The molecule has 1 nitrogen and oxygen atoms in total. The molecule has 0 atom stereocenters. The summed E-state index contributed by atoms with van der Waals surface area (Å²) in [5.41, 5.74) is 1.40. The second-order valence-corrected chi connectivity index (χ2v) is 2.80. The molecule has 0 aromatic heterocycles. The second-order valence-electron chi connectivity index (χ2n) is 2.80. The average Bonchev–Trinajstić information content (AvgIpc) is 1.99. The molecule has 0 bridgehead atoms. The van der Waals surface area contributed by atoms with Gasteiger partial charge in [0.25, 0.3) is 0 Å². The van der Waals surface area contributed by atoms with Gasteiger partial charge in [0.15, 0.2) is 0 Å². The van der Waals surface area contributed by atoms with Crippen LogP contribution in [0.2, 0.25) is 0 Å². The molecule has 0 fully saturated rings. The molecule has 0 amide bonds. The summed E-state index contributed by atoms with van der Waals surface area (Å²) in [6.07, 6.45) is 4.82. The summed E-state index contributed by atoms with van der Waals surface area (Å²) in [6, 6.07) is 0. The van der Waals surface area contributed by atoms with Gasteiger partial charge < -0.3 is 0 Å². The molecular formula is C10H13FO. The summed E-state index contributed by atoms with van der Waals surface area (Å²) in [6.45, 7) is 5.24. The molecule has 0 aromatic carbocycles. The normalized spacial score (nSPS) is 12.7. The third-order valence-corrected chi connectivity index (χ3v) is 1.12. The van der Waals surface area contributed by atoms with Crippen molar-refractivity contribution in [2.75, 3.05) is 0 Å². The van der Waals surface area contributed by atoms with Crippen molar-refractivity contribution < 1.29 is 9.18 Å². The van der Waals surface area contributed by atoms with Crippen LogP contribution in [0, 0.1) is 0 Å². The van der Waals surface area contributed by atoms with Gasteiger partial charge in [0.05, 0.1) is 0 Å². The summed E-state index contributed by atoms with van der Waals surface area (Å²) < 4.78 is 12.8. The average molecular weight is 168 g/mol. The molecule has 0 heterocycles. The first-order valence-electron chi connectivity index (χ1n) is 3.70. The topological polar surface area (TPSA) is 17.1 Å². The molecule has 0 unspecified atom stereocenters. The molecule has 12 heavy (non-hydrogen) atoms. The van der Waals surface area contributed by atoms with Crippen molar-refractivity contribution in [3.63, 3.8) is 0 Å². The Labute approximate surface area is 72.3 Å². The van der Waals surface area contributed by atoms with Gasteiger partial charge in [-0.05, 0) is 38.5 Å². The number of carbonyl (C=O) groups excluding carboxylic acids is 1. The first kappa shape index (κ1) is 10.8. The smallest absolute Gasteiger partial charge is 0.145 e. The molecule has 0 saturated carbocycles. The second kappa shape index (κ2) is 5.47. The Hall–Kier alpha value is -1.18. The highest BCUT2D eigenvalue weighted by atomic mass is 19.1. The number of carbonyl (C=O) groups is 1. The minimum atomic E-state index is -0.337. The molecule has 0 aliphatic heterocycles. The fourth-order valence-electron chi connectivity index (χ4n) is 0.574. The third kappa shape index (κ3) is 5.59. The van der Waals surface area contributed by atoms with Crippen molar-refractivity contribution in [2.45, 2.75) is 20.8 Å². The molecule has 0 aliphatic carbocycles. The highest BCUT2D eigenvalue weighted by molar-refractivity contribution is 5.72. The predicted molar refractivity (Wildman–Crippen MR) is 48.4 cm³/mol. The van der Waals surface area contributed by atoms with Crippen molar-refractivity contribution in [1.82, 2.24) is 0 Å². The van der Waals surface area contributed by atoms with E-state index in [1.165, 1.54) is 18.2 Å². The van der Waals surface area contributed by atoms with Crippen LogP contribution in [0.4, 0.5) is 4.39 Å². The summed E-state index contributed by atoms with van der Waals surface area (Å²) in [5, 5.41) is 0. The summed E-state index contributed by atoms with van der Waals surface area (Å²) in [4.78, 5) is 10.1. The SMILES string of the molecule is CC(C)=C/C(F)=C\C=C(/C)C=O. The number of allylic oxidation sites excluding steroid dienone is 6. The Bertz CT molecular complexity index is 243. The van der Waals surface area contributed by atoms with E-state index >= 15 is 0 Å². The van der Waals surface area contributed by atoms with E-state index in [1.54, 1.807) is 6.92 Å². The Morgan fingerprint density at radius 3 is 2.17 bits per heavy atom. The first-order valence-corrected chi connectivity index (χ1v) is 3.70. The zero-order valence-electron chi connectivity index (χ0n) is 7.60. The molecule has 2 heteroatoms. The number of hydrogen-bond donors (Lipinski definition) is 0. The monoisotopic (exact) mass is 168 g/mol. The van der Waals surface area contributed by atoms with Gasteiger partial charge in [0.1, 0.15) is 12.1 Å². The molecule has 0 aliphatic rings. The summed E-state index contributed by atoms with van der Waals surface area (Å²) >= 11 is 0. The molecule has 0 aromatic rings. The standard InChI is InChI=1S/C10H13FO/c1-8(2)6-10(11)5-4-9(3)7-12/h4-7H,1-3H3/b9-4+,10-5+. The number of aldehydes is 1. The van der Waals surface area contributed by atoms with Gasteiger partial charge in [-0.2, -0.15) is 0 Å². The van der Waals surface area contributed by atoms with E-state index in [9.17, 15) is 9.18 Å². The Kier molecular flexibility index (Phi) is 4.93. The van der Waals surface area contributed by atoms with Gasteiger partial charge in [-0.3, -0.25) is 4.79 Å². The Balaban J connectivity index is 4.38. The van der Waals surface area contributed by atoms with E-state index < -0.39 is 0 Å². The maximum atomic E-state index is 12.8. The molecule has 0 spiro atoms. The minimum Gasteiger partial charge on any atom is -0.298 e. The van der Waals surface area contributed by atoms with Gasteiger partial charge in [-0.15, -0.1) is 0 Å². The molecule has 0 saturated heterocycles. The van der Waals surface area contributed by atoms with Crippen LogP contribution in [0.1, 0.15) is 20.8 Å². The van der Waals surface area contributed by atoms with Gasteiger partial charge in [0.2, 0.25) is 0 Å².